The van der Waals surface area contributed by atoms with Gasteiger partial charge in [-0.15, -0.1) is 11.3 Å². The van der Waals surface area contributed by atoms with Crippen LogP contribution in [0, 0.1) is 54.1 Å². The molecule has 5 aromatic heterocycles. The minimum Gasteiger partial charge on any atom is -0.452 e. The minimum atomic E-state index is 0.500. The van der Waals surface area contributed by atoms with Gasteiger partial charge < -0.3 is 8.94 Å². The Morgan fingerprint density at radius 2 is 0.539 bits per heavy atom. The molecule has 5 aromatic rings. The second-order valence-electron chi connectivity index (χ2n) is 33.9. The number of oxazole rings is 1. The molecule has 0 radical (unpaired) electrons. The Bertz CT molecular complexity index is 1170. The van der Waals surface area contributed by atoms with E-state index in [-0.39, 0.29) is 0 Å². The van der Waals surface area contributed by atoms with Crippen molar-refractivity contribution in [2.45, 2.75) is 277 Å². The number of hydrogen-bond acceptors (Lipinski definition) is 8. The van der Waals surface area contributed by atoms with Crippen molar-refractivity contribution >= 4 is 22.7 Å². The van der Waals surface area contributed by atoms with Crippen LogP contribution in [-0.4, -0.2) is 20.1 Å². The van der Waals surface area contributed by atoms with Gasteiger partial charge in [-0.2, -0.15) is 11.3 Å². The highest BCUT2D eigenvalue weighted by atomic mass is 32.1. The average Bonchev–Trinajstić information content (AvgIpc) is 3.93. The van der Waals surface area contributed by atoms with Crippen molar-refractivity contribution in [2.75, 3.05) is 0 Å². The summed E-state index contributed by atoms with van der Waals surface area (Å²) in [4.78, 5) is 11.1. The summed E-state index contributed by atoms with van der Waals surface area (Å²) < 4.78 is 8.81. The Morgan fingerprint density at radius 1 is 0.250 bits per heavy atom. The third-order valence-electron chi connectivity index (χ3n) is 2.03. The Hall–Kier alpha value is -3.10. The van der Waals surface area contributed by atoms with E-state index in [1.807, 2.05) is 46.5 Å². The lowest BCUT2D eigenvalue weighted by molar-refractivity contribution is 0.420. The summed E-state index contributed by atoms with van der Waals surface area (Å²) in [7, 11) is 0. The highest BCUT2D eigenvalue weighted by Crippen LogP contribution is 2.12. The Labute approximate surface area is 488 Å². The molecule has 0 amide bonds. The number of hydrogen-bond donors (Lipinski definition) is 0. The van der Waals surface area contributed by atoms with Crippen LogP contribution in [0.3, 0.4) is 0 Å². The maximum Gasteiger partial charge on any atom is 0.180 e. The van der Waals surface area contributed by atoms with Crippen LogP contribution in [0.4, 0.5) is 0 Å². The molecule has 0 atom stereocenters. The van der Waals surface area contributed by atoms with Crippen LogP contribution in [0.15, 0.2) is 117 Å². The Morgan fingerprint density at radius 3 is 0.605 bits per heavy atom. The van der Waals surface area contributed by atoms with Gasteiger partial charge >= 0.3 is 0 Å². The molecule has 0 aliphatic rings. The van der Waals surface area contributed by atoms with Crippen molar-refractivity contribution in [2.24, 2.45) is 54.1 Å². The minimum absolute atomic E-state index is 0.500. The molecule has 0 aliphatic heterocycles. The third kappa shape index (κ3) is 661. The second kappa shape index (κ2) is 52.6. The first kappa shape index (κ1) is 95.3. The first-order chi connectivity index (χ1) is 33.0. The van der Waals surface area contributed by atoms with Crippen molar-refractivity contribution in [3.63, 3.8) is 0 Å². The zero-order valence-electron chi connectivity index (χ0n) is 58.8. The zero-order valence-corrected chi connectivity index (χ0v) is 60.4. The molecule has 5 rings (SSSR count). The topological polar surface area (TPSA) is 77.8 Å². The molecular weight excluding hydrogens is 969 g/mol. The van der Waals surface area contributed by atoms with Crippen LogP contribution in [0.1, 0.15) is 277 Å². The maximum absolute atomic E-state index is 4.47. The van der Waals surface area contributed by atoms with E-state index < -0.39 is 0 Å². The number of nitrogens with zero attached hydrogens (tertiary/aromatic N) is 4. The van der Waals surface area contributed by atoms with Crippen molar-refractivity contribution < 1.29 is 8.94 Å². The molecule has 0 unspecified atom stereocenters. The molecule has 0 saturated heterocycles. The summed E-state index contributed by atoms with van der Waals surface area (Å²) >= 11 is 3.31. The van der Waals surface area contributed by atoms with Gasteiger partial charge in [-0.05, 0) is 83.1 Å². The molecule has 0 spiro atoms. The van der Waals surface area contributed by atoms with Gasteiger partial charge in [-0.3, -0.25) is 9.97 Å². The summed E-state index contributed by atoms with van der Waals surface area (Å²) in [5.74, 6) is 0. The van der Waals surface area contributed by atoms with E-state index in [1.165, 1.54) is 18.9 Å². The number of pyridine rings is 1. The fraction of sp³-hybridized carbons (Fsp3) is 0.735. The molecule has 0 N–H and O–H groups in total. The van der Waals surface area contributed by atoms with E-state index in [0.29, 0.717) is 54.1 Å². The van der Waals surface area contributed by atoms with Crippen LogP contribution in [0.5, 0.6) is 0 Å². The smallest absolute Gasteiger partial charge is 0.180 e. The lowest BCUT2D eigenvalue weighted by Gasteiger charge is -2.05. The van der Waals surface area contributed by atoms with Crippen molar-refractivity contribution in [3.8, 4) is 0 Å². The van der Waals surface area contributed by atoms with Gasteiger partial charge in [0.1, 0.15) is 12.5 Å². The number of thiazole rings is 1. The number of rotatable bonds is 0. The molecule has 0 fully saturated rings. The molecule has 0 bridgehead atoms. The van der Waals surface area contributed by atoms with E-state index in [4.69, 9.17) is 0 Å². The van der Waals surface area contributed by atoms with Gasteiger partial charge in [0.05, 0.1) is 17.9 Å². The molecule has 8 heteroatoms. The summed E-state index contributed by atoms with van der Waals surface area (Å²) in [5, 5.41) is 9.36. The number of aromatic nitrogens is 4. The Balaban J connectivity index is -0.0000000768. The summed E-state index contributed by atoms with van der Waals surface area (Å²) in [6, 6.07) is 11.5. The zero-order chi connectivity index (χ0) is 63.4. The van der Waals surface area contributed by atoms with E-state index >= 15 is 0 Å². The van der Waals surface area contributed by atoms with E-state index in [0.717, 1.165) is 0 Å². The lowest BCUT2D eigenvalue weighted by Crippen LogP contribution is -1.93. The van der Waals surface area contributed by atoms with Gasteiger partial charge in [0, 0.05) is 24.0 Å². The van der Waals surface area contributed by atoms with Crippen molar-refractivity contribution in [1.29, 1.82) is 0 Å². The van der Waals surface area contributed by atoms with Gasteiger partial charge in [0.2, 0.25) is 0 Å². The SMILES string of the molecule is CC(C)(C)C.CC(C)(C)C.CC(C)(C)C.CC(C)(C)C.CC(C)(C)C.CC(C)(C)C.CC(C)(C)C.CC(C)(C)C.CC(C)(C)C.CC(C)(C)C.c1ccncc1.c1ccsc1.c1cnoc1.c1cocn1.c1cscn1. The average molecular weight is 1110 g/mol. The van der Waals surface area contributed by atoms with E-state index in [1.54, 1.807) is 65.2 Å². The van der Waals surface area contributed by atoms with E-state index in [2.05, 4.69) is 306 Å². The predicted molar refractivity (Wildman–Crippen MR) is 355 cm³/mol. The monoisotopic (exact) mass is 1110 g/mol. The summed E-state index contributed by atoms with van der Waals surface area (Å²) in [6.45, 7) is 87.5. The normalized spacial score (nSPS) is 10.6. The van der Waals surface area contributed by atoms with Crippen molar-refractivity contribution in [1.82, 2.24) is 20.1 Å². The molecule has 5 heterocycles. The summed E-state index contributed by atoms with van der Waals surface area (Å²) in [5.41, 5.74) is 6.79. The number of thiophene rings is 1. The fourth-order valence-corrected chi connectivity index (χ4v) is 1.87. The molecule has 0 aliphatic carbocycles. The van der Waals surface area contributed by atoms with Gasteiger partial charge in [0.25, 0.3) is 0 Å². The summed E-state index contributed by atoms with van der Waals surface area (Å²) in [6.07, 6.45) is 12.8. The Kier molecular flexibility index (Phi) is 65.9. The van der Waals surface area contributed by atoms with Crippen LogP contribution < -0.4 is 0 Å². The molecule has 6 nitrogen and oxygen atoms in total. The predicted octanol–water partition coefficient (Wildman–Crippen LogP) is 25.8. The highest BCUT2D eigenvalue weighted by Gasteiger charge is 1.99. The first-order valence-corrected chi connectivity index (χ1v) is 29.2. The standard InChI is InChI=1S/C5H5N.10C5H12.C4H4S.2C3H3NO.C3H3NS/c1-2-4-6-5-3-1;10*1-5(2,3)4;1-2-4-5-3-1;1-2-5-3-4-1;1-2-4-5-3-1;1-2-5-3-4-1/h1-5H;10*1-4H3;1-4H;3*1-3H. The van der Waals surface area contributed by atoms with Crippen LogP contribution in [-0.2, 0) is 0 Å². The maximum atomic E-state index is 4.47. The molecule has 0 saturated carbocycles. The van der Waals surface area contributed by atoms with Crippen LogP contribution in [0.25, 0.3) is 0 Å². The van der Waals surface area contributed by atoms with Gasteiger partial charge in [-0.1, -0.05) is 300 Å². The second-order valence-corrected chi connectivity index (χ2v) is 35.4. The fourth-order valence-electron chi connectivity index (χ4n) is 1.07. The molecule has 454 valence electrons. The van der Waals surface area contributed by atoms with E-state index in [9.17, 15) is 0 Å². The van der Waals surface area contributed by atoms with Gasteiger partial charge in [0.15, 0.2) is 6.39 Å². The molecule has 0 aromatic carbocycles. The molecule has 76 heavy (non-hydrogen) atoms. The lowest BCUT2D eigenvalue weighted by atomic mass is 10.0. The van der Waals surface area contributed by atoms with Crippen molar-refractivity contribution in [3.05, 3.63) is 108 Å². The highest BCUT2D eigenvalue weighted by molar-refractivity contribution is 7.07. The first-order valence-electron chi connectivity index (χ1n) is 27.3. The largest absolute Gasteiger partial charge is 0.452 e. The third-order valence-corrected chi connectivity index (χ3v) is 3.18. The van der Waals surface area contributed by atoms with Crippen LogP contribution >= 0.6 is 22.7 Å². The quantitative estimate of drug-likeness (QED) is 0.154. The van der Waals surface area contributed by atoms with Crippen LogP contribution in [0.2, 0.25) is 0 Å². The van der Waals surface area contributed by atoms with Gasteiger partial charge in [-0.25, -0.2) is 4.98 Å². The molecular formula is C68H138N4O2S2.